The van der Waals surface area contributed by atoms with Crippen LogP contribution in [0, 0.1) is 12.3 Å². The molecule has 4 nitrogen and oxygen atoms in total. The van der Waals surface area contributed by atoms with Crippen molar-refractivity contribution < 1.29 is 4.74 Å². The largest absolute Gasteiger partial charge is 0.476 e. The van der Waals surface area contributed by atoms with E-state index in [4.69, 9.17) is 10.1 Å². The van der Waals surface area contributed by atoms with Gasteiger partial charge in [0.25, 0.3) is 5.56 Å². The minimum atomic E-state index is -0.266. The van der Waals surface area contributed by atoms with E-state index in [1.807, 2.05) is 13.8 Å². The van der Waals surface area contributed by atoms with Crippen LogP contribution in [0.2, 0.25) is 0 Å². The van der Waals surface area contributed by atoms with E-state index in [1.54, 1.807) is 19.9 Å². The molecule has 1 aromatic heterocycles. The van der Waals surface area contributed by atoms with Gasteiger partial charge >= 0.3 is 0 Å². The Labute approximate surface area is 88.8 Å². The summed E-state index contributed by atoms with van der Waals surface area (Å²) in [6, 6.07) is 1.74. The zero-order chi connectivity index (χ0) is 11.6. The van der Waals surface area contributed by atoms with Crippen molar-refractivity contribution in [2.75, 3.05) is 0 Å². The van der Waals surface area contributed by atoms with Gasteiger partial charge in [-0.15, -0.1) is 0 Å². The van der Waals surface area contributed by atoms with Gasteiger partial charge in [0.1, 0.15) is 0 Å². The van der Waals surface area contributed by atoms with Gasteiger partial charge in [-0.1, -0.05) is 0 Å². The van der Waals surface area contributed by atoms with Gasteiger partial charge in [-0.2, -0.15) is 0 Å². The molecule has 15 heavy (non-hydrogen) atoms. The number of pyridine rings is 1. The summed E-state index contributed by atoms with van der Waals surface area (Å²) in [5.41, 5.74) is 1.19. The molecule has 0 saturated carbocycles. The maximum absolute atomic E-state index is 11.6. The van der Waals surface area contributed by atoms with Crippen LogP contribution in [0.5, 0.6) is 5.88 Å². The highest BCUT2D eigenvalue weighted by Gasteiger charge is 2.09. The van der Waals surface area contributed by atoms with E-state index in [-0.39, 0.29) is 17.4 Å². The molecule has 0 aromatic carbocycles. The summed E-state index contributed by atoms with van der Waals surface area (Å²) >= 11 is 0. The monoisotopic (exact) mass is 208 g/mol. The topological polar surface area (TPSA) is 65.9 Å². The first-order valence-corrected chi connectivity index (χ1v) is 4.88. The third kappa shape index (κ3) is 2.68. The molecule has 0 fully saturated rings. The number of H-pyrrole nitrogens is 1. The summed E-state index contributed by atoms with van der Waals surface area (Å²) < 4.78 is 5.38. The summed E-state index contributed by atoms with van der Waals surface area (Å²) in [7, 11) is 0. The van der Waals surface area contributed by atoms with Crippen molar-refractivity contribution in [2.45, 2.75) is 33.8 Å². The third-order valence-electron chi connectivity index (χ3n) is 1.94. The van der Waals surface area contributed by atoms with Gasteiger partial charge in [0.15, 0.2) is 5.88 Å². The molecular weight excluding hydrogens is 192 g/mol. The maximum Gasteiger partial charge on any atom is 0.260 e. The quantitative estimate of drug-likeness (QED) is 0.744. The molecule has 82 valence electrons. The lowest BCUT2D eigenvalue weighted by Crippen LogP contribution is -2.20. The SMILES string of the molecule is CC(=N)c1c(C)cc(OC(C)C)[nH]c1=O. The molecule has 0 saturated heterocycles. The van der Waals surface area contributed by atoms with Crippen LogP contribution in [-0.4, -0.2) is 16.8 Å². The minimum Gasteiger partial charge on any atom is -0.476 e. The Morgan fingerprint density at radius 3 is 2.53 bits per heavy atom. The van der Waals surface area contributed by atoms with Crippen LogP contribution in [0.3, 0.4) is 0 Å². The predicted molar refractivity (Wildman–Crippen MR) is 60.1 cm³/mol. The first kappa shape index (κ1) is 11.5. The summed E-state index contributed by atoms with van der Waals surface area (Å²) in [6.45, 7) is 7.18. The Balaban J connectivity index is 3.20. The van der Waals surface area contributed by atoms with Crippen molar-refractivity contribution in [2.24, 2.45) is 0 Å². The summed E-state index contributed by atoms with van der Waals surface area (Å²) in [4.78, 5) is 14.2. The fraction of sp³-hybridized carbons (Fsp3) is 0.455. The molecule has 2 N–H and O–H groups in total. The van der Waals surface area contributed by atoms with E-state index in [0.717, 1.165) is 5.56 Å². The molecule has 0 aliphatic heterocycles. The highest BCUT2D eigenvalue weighted by atomic mass is 16.5. The van der Waals surface area contributed by atoms with E-state index >= 15 is 0 Å². The average molecular weight is 208 g/mol. The molecule has 1 rings (SSSR count). The number of hydrogen-bond acceptors (Lipinski definition) is 3. The van der Waals surface area contributed by atoms with Crippen LogP contribution in [0.15, 0.2) is 10.9 Å². The number of rotatable bonds is 3. The predicted octanol–water partition coefficient (Wildman–Crippen LogP) is 1.86. The molecule has 0 atom stereocenters. The maximum atomic E-state index is 11.6. The third-order valence-corrected chi connectivity index (χ3v) is 1.94. The zero-order valence-electron chi connectivity index (χ0n) is 9.47. The molecule has 1 heterocycles. The molecule has 0 unspecified atom stereocenters. The Morgan fingerprint density at radius 1 is 1.53 bits per heavy atom. The lowest BCUT2D eigenvalue weighted by Gasteiger charge is -2.11. The Kier molecular flexibility index (Phi) is 3.29. The normalized spacial score (nSPS) is 10.5. The fourth-order valence-corrected chi connectivity index (χ4v) is 1.44. The van der Waals surface area contributed by atoms with E-state index in [9.17, 15) is 4.79 Å². The molecular formula is C11H16N2O2. The lowest BCUT2D eigenvalue weighted by molar-refractivity contribution is 0.232. The fourth-order valence-electron chi connectivity index (χ4n) is 1.44. The van der Waals surface area contributed by atoms with Crippen molar-refractivity contribution in [3.8, 4) is 5.88 Å². The number of aromatic nitrogens is 1. The standard InChI is InChI=1S/C11H16N2O2/c1-6(2)15-9-5-7(3)10(8(4)12)11(14)13-9/h5-6,12H,1-4H3,(H,13,14). The molecule has 1 aromatic rings. The van der Waals surface area contributed by atoms with Crippen LogP contribution in [0.4, 0.5) is 0 Å². The zero-order valence-corrected chi connectivity index (χ0v) is 9.47. The number of hydrogen-bond donors (Lipinski definition) is 2. The second-order valence-corrected chi connectivity index (χ2v) is 3.81. The van der Waals surface area contributed by atoms with Crippen molar-refractivity contribution in [3.05, 3.63) is 27.5 Å². The van der Waals surface area contributed by atoms with Gasteiger partial charge in [-0.25, -0.2) is 0 Å². The Hall–Kier alpha value is -1.58. The number of ether oxygens (including phenoxy) is 1. The molecule has 0 spiro atoms. The first-order valence-electron chi connectivity index (χ1n) is 4.88. The number of nitrogens with one attached hydrogen (secondary N) is 2. The summed E-state index contributed by atoms with van der Waals surface area (Å²) in [5.74, 6) is 0.456. The first-order chi connectivity index (χ1) is 6.91. The molecule has 0 amide bonds. The van der Waals surface area contributed by atoms with Gasteiger partial charge in [0.05, 0.1) is 11.7 Å². The van der Waals surface area contributed by atoms with Gasteiger partial charge in [-0.05, 0) is 33.3 Å². The van der Waals surface area contributed by atoms with Gasteiger partial charge in [0.2, 0.25) is 0 Å². The lowest BCUT2D eigenvalue weighted by atomic mass is 10.1. The van der Waals surface area contributed by atoms with Crippen LogP contribution in [0.25, 0.3) is 0 Å². The smallest absolute Gasteiger partial charge is 0.260 e. The minimum absolute atomic E-state index is 0.0204. The summed E-state index contributed by atoms with van der Waals surface area (Å²) in [6.07, 6.45) is 0.0204. The average Bonchev–Trinajstić information content (AvgIpc) is 1.99. The highest BCUT2D eigenvalue weighted by Crippen LogP contribution is 2.11. The second-order valence-electron chi connectivity index (χ2n) is 3.81. The Morgan fingerprint density at radius 2 is 2.13 bits per heavy atom. The van der Waals surface area contributed by atoms with E-state index in [2.05, 4.69) is 4.98 Å². The molecule has 0 radical (unpaired) electrons. The van der Waals surface area contributed by atoms with E-state index in [1.165, 1.54) is 0 Å². The van der Waals surface area contributed by atoms with Crippen molar-refractivity contribution in [1.82, 2.24) is 4.98 Å². The highest BCUT2D eigenvalue weighted by molar-refractivity contribution is 5.97. The van der Waals surface area contributed by atoms with Gasteiger partial charge in [0, 0.05) is 11.8 Å². The van der Waals surface area contributed by atoms with Gasteiger partial charge in [-0.3, -0.25) is 9.78 Å². The molecule has 4 heteroatoms. The summed E-state index contributed by atoms with van der Waals surface area (Å²) in [5, 5.41) is 7.47. The van der Waals surface area contributed by atoms with E-state index < -0.39 is 0 Å². The number of aromatic amines is 1. The van der Waals surface area contributed by atoms with Gasteiger partial charge < -0.3 is 10.1 Å². The second kappa shape index (κ2) is 4.29. The van der Waals surface area contributed by atoms with Crippen molar-refractivity contribution in [3.63, 3.8) is 0 Å². The number of aryl methyl sites for hydroxylation is 1. The molecule has 0 aliphatic carbocycles. The molecule has 0 bridgehead atoms. The van der Waals surface area contributed by atoms with E-state index in [0.29, 0.717) is 11.4 Å². The van der Waals surface area contributed by atoms with Crippen molar-refractivity contribution in [1.29, 1.82) is 5.41 Å². The van der Waals surface area contributed by atoms with Crippen molar-refractivity contribution >= 4 is 5.71 Å². The van der Waals surface area contributed by atoms with Crippen LogP contribution in [0.1, 0.15) is 31.9 Å². The van der Waals surface area contributed by atoms with Crippen LogP contribution < -0.4 is 10.3 Å². The molecule has 0 aliphatic rings. The van der Waals surface area contributed by atoms with Crippen LogP contribution in [-0.2, 0) is 0 Å². The van der Waals surface area contributed by atoms with Crippen LogP contribution >= 0.6 is 0 Å². The Bertz CT molecular complexity index is 433.